The van der Waals surface area contributed by atoms with E-state index in [0.29, 0.717) is 44.6 Å². The topological polar surface area (TPSA) is 59.1 Å². The maximum absolute atomic E-state index is 12.4. The molecule has 0 N–H and O–H groups in total. The van der Waals surface area contributed by atoms with Crippen LogP contribution in [0.2, 0.25) is 0 Å². The minimum Gasteiger partial charge on any atom is -0.445 e. The van der Waals surface area contributed by atoms with E-state index in [-0.39, 0.29) is 12.2 Å². The molecule has 0 saturated carbocycles. The van der Waals surface area contributed by atoms with Gasteiger partial charge in [-0.05, 0) is 51.0 Å². The van der Waals surface area contributed by atoms with E-state index in [2.05, 4.69) is 0 Å². The van der Waals surface area contributed by atoms with Gasteiger partial charge >= 0.3 is 12.2 Å². The lowest BCUT2D eigenvalue weighted by atomic mass is 9.92. The zero-order chi connectivity index (χ0) is 19.4. The molecule has 2 saturated heterocycles. The van der Waals surface area contributed by atoms with Gasteiger partial charge < -0.3 is 19.3 Å². The molecule has 0 spiro atoms. The van der Waals surface area contributed by atoms with E-state index < -0.39 is 5.60 Å². The predicted octanol–water partition coefficient (Wildman–Crippen LogP) is 3.90. The van der Waals surface area contributed by atoms with Gasteiger partial charge in [-0.25, -0.2) is 9.59 Å². The van der Waals surface area contributed by atoms with E-state index in [4.69, 9.17) is 9.47 Å². The van der Waals surface area contributed by atoms with Crippen molar-refractivity contribution >= 4 is 12.2 Å². The molecule has 2 atom stereocenters. The summed E-state index contributed by atoms with van der Waals surface area (Å²) in [6, 6.07) is 9.72. The van der Waals surface area contributed by atoms with Crippen molar-refractivity contribution in [1.82, 2.24) is 9.80 Å². The second-order valence-electron chi connectivity index (χ2n) is 8.51. The zero-order valence-electron chi connectivity index (χ0n) is 16.5. The summed E-state index contributed by atoms with van der Waals surface area (Å²) in [5.41, 5.74) is 0.520. The van der Waals surface area contributed by atoms with Gasteiger partial charge in [-0.15, -0.1) is 0 Å². The van der Waals surface area contributed by atoms with Gasteiger partial charge in [0.25, 0.3) is 0 Å². The Balaban J connectivity index is 1.47. The van der Waals surface area contributed by atoms with Crippen LogP contribution in [0.25, 0.3) is 0 Å². The molecule has 2 amide bonds. The third-order valence-corrected chi connectivity index (χ3v) is 5.23. The number of amides is 2. The second kappa shape index (κ2) is 8.19. The molecule has 0 unspecified atom stereocenters. The van der Waals surface area contributed by atoms with Gasteiger partial charge in [-0.1, -0.05) is 30.3 Å². The fourth-order valence-electron chi connectivity index (χ4n) is 3.82. The number of fused-ring (bicyclic) bond motifs is 1. The van der Waals surface area contributed by atoms with Crippen molar-refractivity contribution in [2.75, 3.05) is 26.2 Å². The van der Waals surface area contributed by atoms with Crippen molar-refractivity contribution in [3.63, 3.8) is 0 Å². The molecular weight excluding hydrogens is 344 g/mol. The molecule has 0 bridgehead atoms. The van der Waals surface area contributed by atoms with Crippen molar-refractivity contribution in [2.45, 2.75) is 45.8 Å². The molecule has 6 nitrogen and oxygen atoms in total. The maximum Gasteiger partial charge on any atom is 0.410 e. The molecule has 148 valence electrons. The zero-order valence-corrected chi connectivity index (χ0v) is 16.5. The number of hydrogen-bond donors (Lipinski definition) is 0. The summed E-state index contributed by atoms with van der Waals surface area (Å²) in [6.07, 6.45) is 1.31. The number of carbonyl (C=O) groups excluding carboxylic acids is 2. The third-order valence-electron chi connectivity index (χ3n) is 5.23. The fraction of sp³-hybridized carbons (Fsp3) is 0.619. The Morgan fingerprint density at radius 1 is 0.963 bits per heavy atom. The lowest BCUT2D eigenvalue weighted by Gasteiger charge is -2.25. The first-order valence-corrected chi connectivity index (χ1v) is 9.75. The van der Waals surface area contributed by atoms with Crippen molar-refractivity contribution in [1.29, 1.82) is 0 Å². The van der Waals surface area contributed by atoms with E-state index in [1.807, 2.05) is 56.0 Å². The molecule has 27 heavy (non-hydrogen) atoms. The molecule has 1 aromatic carbocycles. The maximum atomic E-state index is 12.4. The predicted molar refractivity (Wildman–Crippen MR) is 102 cm³/mol. The molecular formula is C21H30N2O4. The summed E-state index contributed by atoms with van der Waals surface area (Å²) in [5.74, 6) is 0.842. The van der Waals surface area contributed by atoms with Crippen molar-refractivity contribution in [3.8, 4) is 0 Å². The standard InChI is InChI=1S/C21H30N2O4/c1-21(2,3)27-20(25)23-13-17-9-11-22(12-10-18(17)14-23)19(24)26-15-16-7-5-4-6-8-16/h4-8,17-18H,9-15H2,1-3H3/t17-,18+. The summed E-state index contributed by atoms with van der Waals surface area (Å²) in [4.78, 5) is 28.3. The minimum absolute atomic E-state index is 0.227. The molecule has 6 heteroatoms. The Labute approximate surface area is 161 Å². The van der Waals surface area contributed by atoms with E-state index in [1.54, 1.807) is 4.90 Å². The van der Waals surface area contributed by atoms with Crippen molar-refractivity contribution < 1.29 is 19.1 Å². The molecule has 2 heterocycles. The summed E-state index contributed by atoms with van der Waals surface area (Å²) in [7, 11) is 0. The van der Waals surface area contributed by atoms with Gasteiger partial charge in [0.1, 0.15) is 12.2 Å². The Morgan fingerprint density at radius 2 is 1.56 bits per heavy atom. The second-order valence-corrected chi connectivity index (χ2v) is 8.51. The molecule has 2 aliphatic heterocycles. The summed E-state index contributed by atoms with van der Waals surface area (Å²) < 4.78 is 11.0. The van der Waals surface area contributed by atoms with Crippen molar-refractivity contribution in [3.05, 3.63) is 35.9 Å². The van der Waals surface area contributed by atoms with Gasteiger partial charge in [0, 0.05) is 26.2 Å². The molecule has 1 aromatic rings. The molecule has 0 aliphatic carbocycles. The average Bonchev–Trinajstić information content (AvgIpc) is 2.93. The highest BCUT2D eigenvalue weighted by atomic mass is 16.6. The van der Waals surface area contributed by atoms with E-state index in [9.17, 15) is 9.59 Å². The molecule has 0 radical (unpaired) electrons. The Kier molecular flexibility index (Phi) is 5.92. The van der Waals surface area contributed by atoms with E-state index >= 15 is 0 Å². The highest BCUT2D eigenvalue weighted by molar-refractivity contribution is 5.69. The average molecular weight is 374 g/mol. The van der Waals surface area contributed by atoms with Crippen LogP contribution in [0.3, 0.4) is 0 Å². The quantitative estimate of drug-likeness (QED) is 0.788. The van der Waals surface area contributed by atoms with Crippen LogP contribution in [0.1, 0.15) is 39.2 Å². The first kappa shape index (κ1) is 19.5. The molecule has 3 rings (SSSR count). The van der Waals surface area contributed by atoms with E-state index in [1.165, 1.54) is 0 Å². The van der Waals surface area contributed by atoms with Gasteiger partial charge in [0.2, 0.25) is 0 Å². The number of rotatable bonds is 2. The van der Waals surface area contributed by atoms with Gasteiger partial charge in [0.15, 0.2) is 0 Å². The molecule has 2 aliphatic rings. The van der Waals surface area contributed by atoms with Crippen LogP contribution in [-0.4, -0.2) is 53.8 Å². The van der Waals surface area contributed by atoms with Crippen LogP contribution < -0.4 is 0 Å². The van der Waals surface area contributed by atoms with Crippen LogP contribution in [0.15, 0.2) is 30.3 Å². The largest absolute Gasteiger partial charge is 0.445 e. The smallest absolute Gasteiger partial charge is 0.410 e. The van der Waals surface area contributed by atoms with Crippen molar-refractivity contribution in [2.24, 2.45) is 11.8 Å². The third kappa shape index (κ3) is 5.37. The van der Waals surface area contributed by atoms with Crippen LogP contribution in [-0.2, 0) is 16.1 Å². The van der Waals surface area contributed by atoms with Gasteiger partial charge in [0.05, 0.1) is 0 Å². The Morgan fingerprint density at radius 3 is 2.11 bits per heavy atom. The number of ether oxygens (including phenoxy) is 2. The first-order chi connectivity index (χ1) is 12.8. The highest BCUT2D eigenvalue weighted by Crippen LogP contribution is 2.32. The minimum atomic E-state index is -0.471. The normalized spacial score (nSPS) is 22.8. The Hall–Kier alpha value is -2.24. The Bertz CT molecular complexity index is 640. The summed E-state index contributed by atoms with van der Waals surface area (Å²) >= 11 is 0. The number of likely N-dealkylation sites (tertiary alicyclic amines) is 2. The van der Waals surface area contributed by atoms with Crippen LogP contribution in [0, 0.1) is 11.8 Å². The van der Waals surface area contributed by atoms with Gasteiger partial charge in [-0.3, -0.25) is 0 Å². The van der Waals surface area contributed by atoms with Crippen LogP contribution in [0.4, 0.5) is 9.59 Å². The number of benzene rings is 1. The monoisotopic (exact) mass is 374 g/mol. The fourth-order valence-corrected chi connectivity index (χ4v) is 3.82. The number of nitrogens with zero attached hydrogens (tertiary/aromatic N) is 2. The van der Waals surface area contributed by atoms with Gasteiger partial charge in [-0.2, -0.15) is 0 Å². The summed E-state index contributed by atoms with van der Waals surface area (Å²) in [6.45, 7) is 8.75. The number of hydrogen-bond acceptors (Lipinski definition) is 4. The molecule has 0 aromatic heterocycles. The number of carbonyl (C=O) groups is 2. The van der Waals surface area contributed by atoms with Crippen LogP contribution >= 0.6 is 0 Å². The molecule has 2 fully saturated rings. The first-order valence-electron chi connectivity index (χ1n) is 9.75. The summed E-state index contributed by atoms with van der Waals surface area (Å²) in [5, 5.41) is 0. The van der Waals surface area contributed by atoms with Crippen LogP contribution in [0.5, 0.6) is 0 Å². The van der Waals surface area contributed by atoms with E-state index in [0.717, 1.165) is 18.4 Å². The lowest BCUT2D eigenvalue weighted by Crippen LogP contribution is -2.37. The lowest BCUT2D eigenvalue weighted by molar-refractivity contribution is 0.0279. The highest BCUT2D eigenvalue weighted by Gasteiger charge is 2.39. The SMILES string of the molecule is CC(C)(C)OC(=O)N1C[C@H]2CCN(C(=O)OCc3ccccc3)CC[C@H]2C1.